The van der Waals surface area contributed by atoms with Gasteiger partial charge in [0.15, 0.2) is 0 Å². The van der Waals surface area contributed by atoms with E-state index in [1.165, 1.54) is 38.5 Å². The fourth-order valence-electron chi connectivity index (χ4n) is 2.56. The van der Waals surface area contributed by atoms with Gasteiger partial charge in [0.25, 0.3) is 0 Å². The Morgan fingerprint density at radius 3 is 2.29 bits per heavy atom. The number of nitrogens with one attached hydrogen (secondary N) is 1. The molecule has 0 saturated heterocycles. The molecular formula is C15H31NO. The molecule has 17 heavy (non-hydrogen) atoms. The Balaban J connectivity index is 2.51. The minimum absolute atomic E-state index is 0.122. The second-order valence-corrected chi connectivity index (χ2v) is 5.99. The molecule has 2 heteroatoms. The van der Waals surface area contributed by atoms with Crippen LogP contribution in [0.3, 0.4) is 0 Å². The summed E-state index contributed by atoms with van der Waals surface area (Å²) in [6.07, 6.45) is 8.10. The quantitative estimate of drug-likeness (QED) is 0.685. The third kappa shape index (κ3) is 4.97. The van der Waals surface area contributed by atoms with Gasteiger partial charge in [0.05, 0.1) is 11.7 Å². The Morgan fingerprint density at radius 1 is 1.12 bits per heavy atom. The van der Waals surface area contributed by atoms with E-state index in [2.05, 4.69) is 33.0 Å². The fourth-order valence-corrected chi connectivity index (χ4v) is 2.56. The van der Waals surface area contributed by atoms with Crippen molar-refractivity contribution in [2.24, 2.45) is 5.92 Å². The lowest BCUT2D eigenvalue weighted by Crippen LogP contribution is -2.47. The van der Waals surface area contributed by atoms with E-state index in [-0.39, 0.29) is 5.60 Å². The van der Waals surface area contributed by atoms with Crippen LogP contribution in [-0.4, -0.2) is 24.8 Å². The van der Waals surface area contributed by atoms with Crippen LogP contribution in [0.1, 0.15) is 66.2 Å². The number of ether oxygens (including phenoxy) is 1. The van der Waals surface area contributed by atoms with Gasteiger partial charge in [-0.15, -0.1) is 0 Å². The highest BCUT2D eigenvalue weighted by molar-refractivity contribution is 4.87. The highest BCUT2D eigenvalue weighted by atomic mass is 16.5. The number of rotatable bonds is 7. The van der Waals surface area contributed by atoms with Crippen molar-refractivity contribution in [3.8, 4) is 0 Å². The van der Waals surface area contributed by atoms with Crippen LogP contribution in [0, 0.1) is 5.92 Å². The Bertz CT molecular complexity index is 197. The number of hydrogen-bond donors (Lipinski definition) is 1. The van der Waals surface area contributed by atoms with E-state index in [1.54, 1.807) is 0 Å². The summed E-state index contributed by atoms with van der Waals surface area (Å²) in [6, 6.07) is 0. The first kappa shape index (κ1) is 15.0. The Hall–Kier alpha value is -0.0800. The lowest BCUT2D eigenvalue weighted by atomic mass is 9.84. The molecule has 2 nitrogen and oxygen atoms in total. The SMILES string of the molecule is CCCNCC1(OC(C)C(C)C)CCCCC1. The van der Waals surface area contributed by atoms with E-state index in [0.29, 0.717) is 12.0 Å². The summed E-state index contributed by atoms with van der Waals surface area (Å²) in [5.74, 6) is 0.611. The predicted molar refractivity (Wildman–Crippen MR) is 74.4 cm³/mol. The molecule has 0 radical (unpaired) electrons. The molecule has 1 atom stereocenters. The van der Waals surface area contributed by atoms with Crippen LogP contribution in [0.25, 0.3) is 0 Å². The smallest absolute Gasteiger partial charge is 0.0810 e. The Kier molecular flexibility index (Phi) is 6.50. The van der Waals surface area contributed by atoms with Gasteiger partial charge in [-0.25, -0.2) is 0 Å². The van der Waals surface area contributed by atoms with E-state index in [4.69, 9.17) is 4.74 Å². The Labute approximate surface area is 108 Å². The average molecular weight is 241 g/mol. The first-order valence-electron chi connectivity index (χ1n) is 7.48. The standard InChI is InChI=1S/C15H31NO/c1-5-11-16-12-15(9-7-6-8-10-15)17-14(4)13(2)3/h13-14,16H,5-12H2,1-4H3. The normalized spacial score (nSPS) is 21.7. The molecule has 1 rings (SSSR count). The van der Waals surface area contributed by atoms with Gasteiger partial charge < -0.3 is 10.1 Å². The van der Waals surface area contributed by atoms with Gasteiger partial charge in [-0.3, -0.25) is 0 Å². The van der Waals surface area contributed by atoms with Crippen LogP contribution in [0.4, 0.5) is 0 Å². The molecular weight excluding hydrogens is 210 g/mol. The summed E-state index contributed by atoms with van der Waals surface area (Å²) in [4.78, 5) is 0. The molecule has 1 saturated carbocycles. The second-order valence-electron chi connectivity index (χ2n) is 5.99. The molecule has 1 N–H and O–H groups in total. The maximum absolute atomic E-state index is 6.42. The summed E-state index contributed by atoms with van der Waals surface area (Å²) < 4.78 is 6.42. The lowest BCUT2D eigenvalue weighted by molar-refractivity contribution is -0.119. The molecule has 0 heterocycles. The van der Waals surface area contributed by atoms with Crippen molar-refractivity contribution < 1.29 is 4.74 Å². The highest BCUT2D eigenvalue weighted by Crippen LogP contribution is 2.33. The lowest BCUT2D eigenvalue weighted by Gasteiger charge is -2.40. The molecule has 102 valence electrons. The summed E-state index contributed by atoms with van der Waals surface area (Å²) in [7, 11) is 0. The van der Waals surface area contributed by atoms with Gasteiger partial charge in [0.1, 0.15) is 0 Å². The van der Waals surface area contributed by atoms with E-state index < -0.39 is 0 Å². The maximum Gasteiger partial charge on any atom is 0.0810 e. The van der Waals surface area contributed by atoms with Crippen LogP contribution < -0.4 is 5.32 Å². The molecule has 0 amide bonds. The van der Waals surface area contributed by atoms with Crippen molar-refractivity contribution in [2.45, 2.75) is 77.9 Å². The van der Waals surface area contributed by atoms with Crippen molar-refractivity contribution in [3.63, 3.8) is 0 Å². The molecule has 0 spiro atoms. The van der Waals surface area contributed by atoms with Crippen molar-refractivity contribution in [2.75, 3.05) is 13.1 Å². The predicted octanol–water partition coefficient (Wildman–Crippen LogP) is 3.75. The summed E-state index contributed by atoms with van der Waals surface area (Å²) in [6.45, 7) is 11.1. The van der Waals surface area contributed by atoms with Crippen LogP contribution >= 0.6 is 0 Å². The molecule has 0 aromatic heterocycles. The molecule has 0 aromatic rings. The van der Waals surface area contributed by atoms with E-state index in [9.17, 15) is 0 Å². The monoisotopic (exact) mass is 241 g/mol. The van der Waals surface area contributed by atoms with E-state index in [0.717, 1.165) is 13.1 Å². The van der Waals surface area contributed by atoms with Crippen molar-refractivity contribution >= 4 is 0 Å². The minimum atomic E-state index is 0.122. The summed E-state index contributed by atoms with van der Waals surface area (Å²) >= 11 is 0. The second kappa shape index (κ2) is 7.38. The van der Waals surface area contributed by atoms with Crippen molar-refractivity contribution in [3.05, 3.63) is 0 Å². The Morgan fingerprint density at radius 2 is 1.76 bits per heavy atom. The largest absolute Gasteiger partial charge is 0.370 e. The fraction of sp³-hybridized carbons (Fsp3) is 1.00. The topological polar surface area (TPSA) is 21.3 Å². The molecule has 1 aliphatic carbocycles. The van der Waals surface area contributed by atoms with Gasteiger partial charge in [-0.2, -0.15) is 0 Å². The zero-order valence-electron chi connectivity index (χ0n) is 12.2. The zero-order chi connectivity index (χ0) is 12.7. The van der Waals surface area contributed by atoms with Gasteiger partial charge >= 0.3 is 0 Å². The van der Waals surface area contributed by atoms with Gasteiger partial charge in [0.2, 0.25) is 0 Å². The number of hydrogen-bond acceptors (Lipinski definition) is 2. The minimum Gasteiger partial charge on any atom is -0.370 e. The summed E-state index contributed by atoms with van der Waals surface area (Å²) in [5, 5.41) is 3.56. The van der Waals surface area contributed by atoms with Crippen LogP contribution in [0.2, 0.25) is 0 Å². The third-order valence-corrected chi connectivity index (χ3v) is 4.01. The average Bonchev–Trinajstić information content (AvgIpc) is 2.30. The first-order chi connectivity index (χ1) is 8.09. The van der Waals surface area contributed by atoms with Crippen molar-refractivity contribution in [1.82, 2.24) is 5.32 Å². The zero-order valence-corrected chi connectivity index (χ0v) is 12.2. The van der Waals surface area contributed by atoms with Crippen LogP contribution in [0.5, 0.6) is 0 Å². The molecule has 0 aromatic carbocycles. The van der Waals surface area contributed by atoms with Gasteiger partial charge in [0, 0.05) is 6.54 Å². The summed E-state index contributed by atoms with van der Waals surface area (Å²) in [5.41, 5.74) is 0.122. The maximum atomic E-state index is 6.42. The van der Waals surface area contributed by atoms with Crippen LogP contribution in [-0.2, 0) is 4.74 Å². The molecule has 1 aliphatic rings. The molecule has 0 bridgehead atoms. The van der Waals surface area contributed by atoms with Crippen molar-refractivity contribution in [1.29, 1.82) is 0 Å². The third-order valence-electron chi connectivity index (χ3n) is 4.01. The highest BCUT2D eigenvalue weighted by Gasteiger charge is 2.34. The molecule has 1 unspecified atom stereocenters. The van der Waals surface area contributed by atoms with Gasteiger partial charge in [-0.1, -0.05) is 40.0 Å². The van der Waals surface area contributed by atoms with E-state index in [1.807, 2.05) is 0 Å². The molecule has 1 fully saturated rings. The van der Waals surface area contributed by atoms with Crippen LogP contribution in [0.15, 0.2) is 0 Å². The van der Waals surface area contributed by atoms with E-state index >= 15 is 0 Å². The van der Waals surface area contributed by atoms with Gasteiger partial charge in [-0.05, 0) is 38.6 Å². The first-order valence-corrected chi connectivity index (χ1v) is 7.48. The molecule has 0 aliphatic heterocycles.